The van der Waals surface area contributed by atoms with Crippen LogP contribution >= 0.6 is 0 Å². The Morgan fingerprint density at radius 1 is 0.230 bits per heavy atom. The third kappa shape index (κ3) is 11.9. The van der Waals surface area contributed by atoms with Crippen molar-refractivity contribution in [2.75, 3.05) is 0 Å². The van der Waals surface area contributed by atoms with Gasteiger partial charge in [0.25, 0.3) is 0 Å². The predicted octanol–water partition coefficient (Wildman–Crippen LogP) is 19.2. The molecule has 0 N–H and O–H groups in total. The van der Waals surface area contributed by atoms with E-state index in [0.717, 1.165) is 112 Å². The zero-order chi connectivity index (χ0) is 51.5. The molecule has 0 heterocycles. The molecule has 0 aliphatic rings. The topological polar surface area (TPSA) is 54.0 Å². The first kappa shape index (κ1) is 48.7. The molecule has 0 atom stereocenters. The first-order valence-electron chi connectivity index (χ1n) is 25.0. The maximum atomic E-state index is 15.6. The fourth-order valence-corrected chi connectivity index (χ4v) is 9.82. The van der Waals surface area contributed by atoms with Crippen molar-refractivity contribution in [3.8, 4) is 90.5 Å². The molecule has 0 aliphatic heterocycles. The van der Waals surface area contributed by atoms with E-state index in [1.807, 2.05) is 146 Å². The van der Waals surface area contributed by atoms with Crippen LogP contribution in [0.3, 0.4) is 0 Å². The summed E-state index contributed by atoms with van der Waals surface area (Å²) in [4.78, 5) is 15.6. The minimum atomic E-state index is -0.133. The molecule has 10 rings (SSSR count). The molecule has 5 nitrogen and oxygen atoms in total. The fourth-order valence-electron chi connectivity index (χ4n) is 9.82. The maximum absolute atomic E-state index is 15.6. The smallest absolute Gasteiger partial charge is 0.193 e. The summed E-state index contributed by atoms with van der Waals surface area (Å²) in [6.07, 6.45) is 0. The zero-order valence-electron chi connectivity index (χ0n) is 43.2. The van der Waals surface area contributed by atoms with Gasteiger partial charge in [0.15, 0.2) is 5.78 Å². The average molecular weight is 967 g/mol. The van der Waals surface area contributed by atoms with Crippen LogP contribution in [0.15, 0.2) is 206 Å². The molecular formula is C69H58O5. The Kier molecular flexibility index (Phi) is 13.8. The number of ketones is 1. The molecule has 5 heteroatoms. The number of benzene rings is 10. The van der Waals surface area contributed by atoms with Crippen LogP contribution in [0.4, 0.5) is 0 Å². The Morgan fingerprint density at radius 3 is 0.662 bits per heavy atom. The van der Waals surface area contributed by atoms with Crippen molar-refractivity contribution < 1.29 is 23.7 Å². The Balaban J connectivity index is 1.09. The fraction of sp³-hybridized carbons (Fsp3) is 0.116. The summed E-state index contributed by atoms with van der Waals surface area (Å²) in [6, 6.07) is 69.2. The van der Waals surface area contributed by atoms with Gasteiger partial charge in [0.1, 0.15) is 46.0 Å². The van der Waals surface area contributed by atoms with Gasteiger partial charge in [-0.2, -0.15) is 0 Å². The van der Waals surface area contributed by atoms with Crippen LogP contribution in [-0.2, 0) is 0 Å². The lowest BCUT2D eigenvalue weighted by Gasteiger charge is -2.15. The number of rotatable bonds is 14. The van der Waals surface area contributed by atoms with Crippen molar-refractivity contribution in [3.63, 3.8) is 0 Å². The van der Waals surface area contributed by atoms with Gasteiger partial charge < -0.3 is 18.9 Å². The molecule has 0 radical (unpaired) electrons. The predicted molar refractivity (Wildman–Crippen MR) is 302 cm³/mol. The SMILES string of the molecule is Cc1cc(C)cc(Oc2cccc(-c3cc(C(=O)c4cc(-c5cccc(Oc6cc(C)cc(C)c6)c5)cc(-c5cccc(Oc6cc(C)cc(C)c6)c5)c4)cc(-c4cccc(Oc5cc(C)cc(C)c5)c4)c3)c2)c1. The highest BCUT2D eigenvalue weighted by Gasteiger charge is 2.18. The monoisotopic (exact) mass is 966 g/mol. The van der Waals surface area contributed by atoms with Crippen LogP contribution in [0.5, 0.6) is 46.0 Å². The number of ether oxygens (including phenoxy) is 4. The van der Waals surface area contributed by atoms with Gasteiger partial charge in [-0.1, -0.05) is 72.8 Å². The molecule has 0 fully saturated rings. The van der Waals surface area contributed by atoms with E-state index < -0.39 is 0 Å². The zero-order valence-corrected chi connectivity index (χ0v) is 43.2. The maximum Gasteiger partial charge on any atom is 0.193 e. The lowest BCUT2D eigenvalue weighted by Crippen LogP contribution is -2.03. The number of hydrogen-bond acceptors (Lipinski definition) is 5. The number of aryl methyl sites for hydroxylation is 8. The van der Waals surface area contributed by atoms with Gasteiger partial charge in [0.05, 0.1) is 0 Å². The third-order valence-electron chi connectivity index (χ3n) is 12.8. The van der Waals surface area contributed by atoms with Crippen molar-refractivity contribution in [1.29, 1.82) is 0 Å². The standard InChI is InChI=1S/C69H58O5/c1-43-21-44(2)26-65(25-43)71-61-17-9-13-51(39-61)55-33-56(52-14-10-18-62(40-52)72-66-27-45(3)22-46(4)28-66)36-59(35-55)69(70)60-37-57(53-15-11-19-63(41-53)73-67-29-47(5)23-48(6)30-67)34-58(38-60)54-16-12-20-64(42-54)74-68-31-49(7)24-50(8)32-68/h9-42H,1-8H3. The molecule has 0 amide bonds. The Hall–Kier alpha value is -8.93. The van der Waals surface area contributed by atoms with E-state index in [1.54, 1.807) is 0 Å². The van der Waals surface area contributed by atoms with E-state index in [2.05, 4.69) is 116 Å². The summed E-state index contributed by atoms with van der Waals surface area (Å²) in [5.41, 5.74) is 17.1. The Morgan fingerprint density at radius 2 is 0.446 bits per heavy atom. The third-order valence-corrected chi connectivity index (χ3v) is 12.8. The molecular weight excluding hydrogens is 909 g/mol. The first-order chi connectivity index (χ1) is 35.7. The number of carbonyl (C=O) groups excluding carboxylic acids is 1. The van der Waals surface area contributed by atoms with Crippen LogP contribution < -0.4 is 18.9 Å². The second kappa shape index (κ2) is 21.0. The Bertz CT molecular complexity index is 3190. The van der Waals surface area contributed by atoms with Crippen molar-refractivity contribution in [1.82, 2.24) is 0 Å². The van der Waals surface area contributed by atoms with E-state index in [9.17, 15) is 0 Å². The van der Waals surface area contributed by atoms with E-state index in [4.69, 9.17) is 18.9 Å². The largest absolute Gasteiger partial charge is 0.457 e. The lowest BCUT2D eigenvalue weighted by atomic mass is 9.90. The minimum absolute atomic E-state index is 0.133. The van der Waals surface area contributed by atoms with Crippen LogP contribution in [0.2, 0.25) is 0 Å². The van der Waals surface area contributed by atoms with Crippen molar-refractivity contribution >= 4 is 5.78 Å². The van der Waals surface area contributed by atoms with Crippen LogP contribution in [0, 0.1) is 55.4 Å². The number of carbonyl (C=O) groups is 1. The van der Waals surface area contributed by atoms with E-state index in [0.29, 0.717) is 34.1 Å². The quantitative estimate of drug-likeness (QED) is 0.102. The van der Waals surface area contributed by atoms with Gasteiger partial charge in [0.2, 0.25) is 0 Å². The molecule has 364 valence electrons. The van der Waals surface area contributed by atoms with E-state index >= 15 is 4.79 Å². The molecule has 10 aromatic rings. The van der Waals surface area contributed by atoms with Crippen LogP contribution in [0.1, 0.15) is 60.4 Å². The van der Waals surface area contributed by atoms with Gasteiger partial charge in [-0.05, 0) is 278 Å². The summed E-state index contributed by atoms with van der Waals surface area (Å²) >= 11 is 0. The molecule has 0 bridgehead atoms. The molecule has 10 aromatic carbocycles. The summed E-state index contributed by atoms with van der Waals surface area (Å²) in [7, 11) is 0. The highest BCUT2D eigenvalue weighted by Crippen LogP contribution is 2.38. The van der Waals surface area contributed by atoms with Crippen molar-refractivity contribution in [3.05, 3.63) is 262 Å². The van der Waals surface area contributed by atoms with E-state index in [-0.39, 0.29) is 5.78 Å². The molecule has 74 heavy (non-hydrogen) atoms. The number of hydrogen-bond donors (Lipinski definition) is 0. The minimum Gasteiger partial charge on any atom is -0.457 e. The molecule has 0 spiro atoms. The summed E-state index contributed by atoms with van der Waals surface area (Å²) in [5, 5.41) is 0. The lowest BCUT2D eigenvalue weighted by molar-refractivity contribution is 0.103. The first-order valence-corrected chi connectivity index (χ1v) is 25.0. The molecule has 0 saturated heterocycles. The normalized spacial score (nSPS) is 11.0. The van der Waals surface area contributed by atoms with Crippen molar-refractivity contribution in [2.24, 2.45) is 0 Å². The second-order valence-electron chi connectivity index (χ2n) is 19.7. The molecule has 0 aliphatic carbocycles. The summed E-state index contributed by atoms with van der Waals surface area (Å²) in [6.45, 7) is 16.5. The van der Waals surface area contributed by atoms with Crippen LogP contribution in [0.25, 0.3) is 44.5 Å². The average Bonchev–Trinajstić information content (AvgIpc) is 3.35. The summed E-state index contributed by atoms with van der Waals surface area (Å²) < 4.78 is 25.9. The highest BCUT2D eigenvalue weighted by molar-refractivity contribution is 6.11. The van der Waals surface area contributed by atoms with E-state index in [1.165, 1.54) is 0 Å². The molecule has 0 aromatic heterocycles. The van der Waals surface area contributed by atoms with Crippen molar-refractivity contribution in [2.45, 2.75) is 55.4 Å². The summed E-state index contributed by atoms with van der Waals surface area (Å²) in [5.74, 6) is 5.72. The van der Waals surface area contributed by atoms with Gasteiger partial charge >= 0.3 is 0 Å². The highest BCUT2D eigenvalue weighted by atomic mass is 16.5. The van der Waals surface area contributed by atoms with Gasteiger partial charge in [-0.3, -0.25) is 4.79 Å². The molecule has 0 unspecified atom stereocenters. The molecule has 0 saturated carbocycles. The van der Waals surface area contributed by atoms with Gasteiger partial charge in [-0.25, -0.2) is 0 Å². The van der Waals surface area contributed by atoms with Gasteiger partial charge in [0, 0.05) is 11.1 Å². The second-order valence-corrected chi connectivity index (χ2v) is 19.7. The van der Waals surface area contributed by atoms with Gasteiger partial charge in [-0.15, -0.1) is 0 Å². The van der Waals surface area contributed by atoms with Crippen LogP contribution in [-0.4, -0.2) is 5.78 Å². The Labute approximate surface area is 435 Å².